The van der Waals surface area contributed by atoms with Gasteiger partial charge >= 0.3 is 0 Å². The van der Waals surface area contributed by atoms with Crippen molar-refractivity contribution in [3.8, 4) is 0 Å². The van der Waals surface area contributed by atoms with Crippen molar-refractivity contribution in [2.24, 2.45) is 0 Å². The molecule has 2 heterocycles. The highest BCUT2D eigenvalue weighted by atomic mass is 32.2. The Bertz CT molecular complexity index is 643. The van der Waals surface area contributed by atoms with Crippen LogP contribution in [0, 0.1) is 0 Å². The van der Waals surface area contributed by atoms with Gasteiger partial charge in [-0.25, -0.2) is 0 Å². The van der Waals surface area contributed by atoms with E-state index < -0.39 is 0 Å². The van der Waals surface area contributed by atoms with Crippen LogP contribution in [0.4, 0.5) is 0 Å². The van der Waals surface area contributed by atoms with Gasteiger partial charge in [0.25, 0.3) is 5.91 Å². The quantitative estimate of drug-likeness (QED) is 0.898. The second-order valence-corrected chi connectivity index (χ2v) is 6.11. The lowest BCUT2D eigenvalue weighted by atomic mass is 10.2. The summed E-state index contributed by atoms with van der Waals surface area (Å²) in [5, 5.41) is 4.26. The zero-order valence-corrected chi connectivity index (χ0v) is 10.8. The summed E-state index contributed by atoms with van der Waals surface area (Å²) >= 11 is 1.88. The maximum Gasteiger partial charge on any atom is 0.268 e. The Morgan fingerprint density at radius 1 is 1.39 bits per heavy atom. The number of carbonyl (C=O) groups is 1. The molecule has 1 aliphatic heterocycles. The SMILES string of the molecule is O=C(NC1CC1)c1cc2cccc3c2n1CCS3. The maximum absolute atomic E-state index is 12.2. The van der Waals surface area contributed by atoms with Crippen molar-refractivity contribution in [1.29, 1.82) is 0 Å². The molecule has 3 nitrogen and oxygen atoms in total. The molecule has 0 atom stereocenters. The predicted molar refractivity (Wildman–Crippen MR) is 73.2 cm³/mol. The summed E-state index contributed by atoms with van der Waals surface area (Å²) in [6.07, 6.45) is 2.26. The fourth-order valence-electron chi connectivity index (χ4n) is 2.56. The summed E-state index contributed by atoms with van der Waals surface area (Å²) in [6, 6.07) is 8.76. The Hall–Kier alpha value is -1.42. The van der Waals surface area contributed by atoms with Crippen molar-refractivity contribution < 1.29 is 4.79 Å². The first kappa shape index (κ1) is 10.5. The minimum absolute atomic E-state index is 0.0894. The summed E-state index contributed by atoms with van der Waals surface area (Å²) in [4.78, 5) is 13.5. The van der Waals surface area contributed by atoms with Gasteiger partial charge < -0.3 is 9.88 Å². The van der Waals surface area contributed by atoms with Crippen molar-refractivity contribution in [3.05, 3.63) is 30.0 Å². The maximum atomic E-state index is 12.2. The molecule has 0 saturated heterocycles. The van der Waals surface area contributed by atoms with Gasteiger partial charge in [-0.05, 0) is 25.0 Å². The van der Waals surface area contributed by atoms with Gasteiger partial charge in [-0.2, -0.15) is 0 Å². The first-order valence-electron chi connectivity index (χ1n) is 6.39. The highest BCUT2D eigenvalue weighted by Gasteiger charge is 2.26. The van der Waals surface area contributed by atoms with E-state index >= 15 is 0 Å². The third-order valence-corrected chi connectivity index (χ3v) is 4.63. The van der Waals surface area contributed by atoms with Crippen molar-refractivity contribution in [2.45, 2.75) is 30.3 Å². The molecule has 1 N–H and O–H groups in total. The van der Waals surface area contributed by atoms with Gasteiger partial charge in [-0.1, -0.05) is 12.1 Å². The summed E-state index contributed by atoms with van der Waals surface area (Å²) < 4.78 is 2.18. The van der Waals surface area contributed by atoms with Crippen LogP contribution >= 0.6 is 11.8 Å². The molecule has 1 saturated carbocycles. The van der Waals surface area contributed by atoms with Gasteiger partial charge in [0.2, 0.25) is 0 Å². The molecule has 1 amide bonds. The van der Waals surface area contributed by atoms with Gasteiger partial charge in [0.1, 0.15) is 5.69 Å². The number of benzene rings is 1. The van der Waals surface area contributed by atoms with E-state index in [9.17, 15) is 4.79 Å². The molecule has 0 bridgehead atoms. The van der Waals surface area contributed by atoms with Gasteiger partial charge in [0.15, 0.2) is 0 Å². The molecular weight excluding hydrogens is 244 g/mol. The highest BCUT2D eigenvalue weighted by Crippen LogP contribution is 2.34. The van der Waals surface area contributed by atoms with Crippen molar-refractivity contribution >= 4 is 28.6 Å². The first-order valence-corrected chi connectivity index (χ1v) is 7.37. The fourth-order valence-corrected chi connectivity index (χ4v) is 3.59. The number of aryl methyl sites for hydroxylation is 1. The van der Waals surface area contributed by atoms with Crippen molar-refractivity contribution in [3.63, 3.8) is 0 Å². The van der Waals surface area contributed by atoms with Gasteiger partial charge in [0.05, 0.1) is 5.52 Å². The molecule has 0 radical (unpaired) electrons. The summed E-state index contributed by atoms with van der Waals surface area (Å²) in [5.74, 6) is 1.14. The monoisotopic (exact) mass is 258 g/mol. The van der Waals surface area contributed by atoms with Crippen LogP contribution in [0.5, 0.6) is 0 Å². The number of hydrogen-bond donors (Lipinski definition) is 1. The average molecular weight is 258 g/mol. The second kappa shape index (κ2) is 3.79. The number of hydrogen-bond acceptors (Lipinski definition) is 2. The highest BCUT2D eigenvalue weighted by molar-refractivity contribution is 7.99. The number of aromatic nitrogens is 1. The molecule has 4 heteroatoms. The summed E-state index contributed by atoms with van der Waals surface area (Å²) in [7, 11) is 0. The molecule has 92 valence electrons. The third-order valence-electron chi connectivity index (χ3n) is 3.60. The number of nitrogens with one attached hydrogen (secondary N) is 1. The topological polar surface area (TPSA) is 34.0 Å². The molecule has 1 aromatic carbocycles. The molecule has 0 unspecified atom stereocenters. The Morgan fingerprint density at radius 3 is 3.11 bits per heavy atom. The molecule has 2 aromatic rings. The van der Waals surface area contributed by atoms with Gasteiger partial charge in [0, 0.05) is 28.6 Å². The predicted octanol–water partition coefficient (Wildman–Crippen LogP) is 2.64. The lowest BCUT2D eigenvalue weighted by Crippen LogP contribution is -2.28. The van der Waals surface area contributed by atoms with Crippen molar-refractivity contribution in [1.82, 2.24) is 9.88 Å². The molecule has 2 aliphatic rings. The number of amides is 1. The van der Waals surface area contributed by atoms with E-state index in [1.165, 1.54) is 15.8 Å². The molecule has 1 aliphatic carbocycles. The fraction of sp³-hybridized carbons (Fsp3) is 0.357. The van der Waals surface area contributed by atoms with E-state index in [-0.39, 0.29) is 5.91 Å². The van der Waals surface area contributed by atoms with Crippen LogP contribution < -0.4 is 5.32 Å². The summed E-state index contributed by atoms with van der Waals surface area (Å²) in [5.41, 5.74) is 2.05. The van der Waals surface area contributed by atoms with E-state index in [2.05, 4.69) is 28.1 Å². The normalized spacial score (nSPS) is 18.0. The lowest BCUT2D eigenvalue weighted by Gasteiger charge is -2.17. The molecule has 1 fully saturated rings. The van der Waals surface area contributed by atoms with Crippen LogP contribution in [0.15, 0.2) is 29.2 Å². The Morgan fingerprint density at radius 2 is 2.28 bits per heavy atom. The molecular formula is C14H14N2OS. The number of rotatable bonds is 2. The average Bonchev–Trinajstić information content (AvgIpc) is 3.11. The van der Waals surface area contributed by atoms with E-state index in [0.717, 1.165) is 30.8 Å². The van der Waals surface area contributed by atoms with Crippen LogP contribution in [-0.4, -0.2) is 22.3 Å². The Kier molecular flexibility index (Phi) is 2.21. The Balaban J connectivity index is 1.85. The van der Waals surface area contributed by atoms with Crippen LogP contribution in [0.25, 0.3) is 10.9 Å². The number of nitrogens with zero attached hydrogens (tertiary/aromatic N) is 1. The number of carbonyl (C=O) groups excluding carboxylic acids is 1. The molecule has 1 aromatic heterocycles. The van der Waals surface area contributed by atoms with E-state index in [0.29, 0.717) is 6.04 Å². The van der Waals surface area contributed by atoms with E-state index in [1.54, 1.807) is 0 Å². The number of thioether (sulfide) groups is 1. The van der Waals surface area contributed by atoms with Crippen molar-refractivity contribution in [2.75, 3.05) is 5.75 Å². The lowest BCUT2D eigenvalue weighted by molar-refractivity contribution is 0.0942. The molecule has 4 rings (SSSR count). The first-order chi connectivity index (χ1) is 8.83. The zero-order chi connectivity index (χ0) is 12.1. The Labute approximate surface area is 110 Å². The second-order valence-electron chi connectivity index (χ2n) is 4.97. The van der Waals surface area contributed by atoms with Crippen LogP contribution in [-0.2, 0) is 6.54 Å². The molecule has 18 heavy (non-hydrogen) atoms. The van der Waals surface area contributed by atoms with Crippen LogP contribution in [0.1, 0.15) is 23.3 Å². The molecule has 0 spiro atoms. The van der Waals surface area contributed by atoms with Crippen LogP contribution in [0.2, 0.25) is 0 Å². The van der Waals surface area contributed by atoms with E-state index in [4.69, 9.17) is 0 Å². The summed E-state index contributed by atoms with van der Waals surface area (Å²) in [6.45, 7) is 0.929. The van der Waals surface area contributed by atoms with Gasteiger partial charge in [-0.15, -0.1) is 11.8 Å². The third kappa shape index (κ3) is 1.56. The standard InChI is InChI=1S/C14H14N2OS/c17-14(15-10-4-5-10)11-8-9-2-1-3-12-13(9)16(11)6-7-18-12/h1-3,8,10H,4-7H2,(H,15,17). The minimum atomic E-state index is 0.0894. The van der Waals surface area contributed by atoms with Gasteiger partial charge in [-0.3, -0.25) is 4.79 Å². The largest absolute Gasteiger partial charge is 0.348 e. The minimum Gasteiger partial charge on any atom is -0.348 e. The zero-order valence-electron chi connectivity index (χ0n) is 9.98. The van der Waals surface area contributed by atoms with Crippen LogP contribution in [0.3, 0.4) is 0 Å². The smallest absolute Gasteiger partial charge is 0.268 e. The van der Waals surface area contributed by atoms with E-state index in [1.807, 2.05) is 17.8 Å². The number of para-hydroxylation sites is 1.